The minimum Gasteiger partial charge on any atom is -0.331 e. The predicted octanol–water partition coefficient (Wildman–Crippen LogP) is 3.28. The minimum atomic E-state index is -0.231. The van der Waals surface area contributed by atoms with Crippen molar-refractivity contribution in [1.82, 2.24) is 0 Å². The number of hydrogen-bond donors (Lipinski definition) is 3. The number of nitrogens with zero attached hydrogens (tertiary/aromatic N) is 2. The monoisotopic (exact) mass is 398 g/mol. The Morgan fingerprint density at radius 2 is 2.04 bits per heavy atom. The van der Waals surface area contributed by atoms with Crippen molar-refractivity contribution < 1.29 is 0 Å². The topological polar surface area (TPSA) is 67.6 Å². The summed E-state index contributed by atoms with van der Waals surface area (Å²) < 4.78 is 0. The van der Waals surface area contributed by atoms with Gasteiger partial charge in [-0.25, -0.2) is 0 Å². The van der Waals surface area contributed by atoms with E-state index >= 15 is 0 Å². The van der Waals surface area contributed by atoms with Crippen LogP contribution in [-0.4, -0.2) is 30.3 Å². The molecule has 27 heavy (non-hydrogen) atoms. The van der Waals surface area contributed by atoms with Crippen molar-refractivity contribution in [2.24, 2.45) is 16.5 Å². The summed E-state index contributed by atoms with van der Waals surface area (Å²) in [5.74, 6) is 7.07. The number of fused-ring (bicyclic) bond motifs is 1. The van der Waals surface area contributed by atoms with Gasteiger partial charge in [0.2, 0.25) is 0 Å². The van der Waals surface area contributed by atoms with Crippen LogP contribution in [0.2, 0.25) is 0 Å². The number of rotatable bonds is 3. The summed E-state index contributed by atoms with van der Waals surface area (Å²) in [6.07, 6.45) is 0.388. The molecule has 3 rings (SSSR count). The molecule has 0 radical (unpaired) electrons. The van der Waals surface area contributed by atoms with E-state index in [-0.39, 0.29) is 12.3 Å². The van der Waals surface area contributed by atoms with Gasteiger partial charge in [0.05, 0.1) is 24.6 Å². The van der Waals surface area contributed by atoms with Gasteiger partial charge >= 0.3 is 0 Å². The highest BCUT2D eigenvalue weighted by atomic mass is 32.1. The Bertz CT molecular complexity index is 901. The number of nitrogens with two attached hydrogens (primary N) is 2. The molecule has 0 amide bonds. The molecule has 2 aromatic rings. The zero-order valence-corrected chi connectivity index (χ0v) is 17.7. The maximum atomic E-state index is 6.41. The van der Waals surface area contributed by atoms with Crippen LogP contribution >= 0.6 is 24.0 Å². The Kier molecular flexibility index (Phi) is 6.28. The molecule has 0 aliphatic carbocycles. The van der Waals surface area contributed by atoms with E-state index in [4.69, 9.17) is 16.5 Å². The second-order valence-corrected chi connectivity index (χ2v) is 8.37. The van der Waals surface area contributed by atoms with Gasteiger partial charge in [0.1, 0.15) is 5.00 Å². The molecular weight excluding hydrogens is 372 g/mol. The van der Waals surface area contributed by atoms with Gasteiger partial charge in [-0.3, -0.25) is 4.99 Å². The third-order valence-electron chi connectivity index (χ3n) is 4.70. The van der Waals surface area contributed by atoms with E-state index in [0.717, 1.165) is 39.6 Å². The average molecular weight is 399 g/mol. The molecule has 4 N–H and O–H groups in total. The van der Waals surface area contributed by atoms with Gasteiger partial charge in [0.25, 0.3) is 0 Å². The van der Waals surface area contributed by atoms with E-state index in [2.05, 4.69) is 55.3 Å². The normalized spacial score (nSPS) is 17.5. The van der Waals surface area contributed by atoms with E-state index in [9.17, 15) is 0 Å². The van der Waals surface area contributed by atoms with Crippen molar-refractivity contribution in [3.63, 3.8) is 0 Å². The lowest BCUT2D eigenvalue weighted by atomic mass is 9.99. The zero-order valence-electron chi connectivity index (χ0n) is 16.0. The van der Waals surface area contributed by atoms with Crippen molar-refractivity contribution >= 4 is 34.7 Å². The summed E-state index contributed by atoms with van der Waals surface area (Å²) in [5.41, 5.74) is 18.1. The lowest BCUT2D eigenvalue weighted by Crippen LogP contribution is -2.52. The van der Waals surface area contributed by atoms with Crippen molar-refractivity contribution in [1.29, 1.82) is 0 Å². The molecule has 1 aliphatic rings. The van der Waals surface area contributed by atoms with E-state index in [1.54, 1.807) is 11.3 Å². The SMILES string of the molecule is Cc1sc2c(c1C)C(c1ccc(C#CCCS)cc1)=NCC(N)N2C(C)N. The summed E-state index contributed by atoms with van der Waals surface area (Å²) in [6, 6.07) is 8.27. The van der Waals surface area contributed by atoms with Gasteiger partial charge in [-0.1, -0.05) is 24.0 Å². The van der Waals surface area contributed by atoms with Crippen LogP contribution < -0.4 is 16.4 Å². The first-order chi connectivity index (χ1) is 12.9. The van der Waals surface area contributed by atoms with Crippen LogP contribution in [-0.2, 0) is 0 Å². The molecule has 2 unspecified atom stereocenters. The van der Waals surface area contributed by atoms with Crippen molar-refractivity contribution in [3.8, 4) is 11.8 Å². The summed E-state index contributed by atoms with van der Waals surface area (Å²) in [4.78, 5) is 8.24. The van der Waals surface area contributed by atoms with Gasteiger partial charge < -0.3 is 16.4 Å². The molecule has 0 saturated carbocycles. The fraction of sp³-hybridized carbons (Fsp3) is 0.381. The summed E-state index contributed by atoms with van der Waals surface area (Å²) in [7, 11) is 0. The Hall–Kier alpha value is -1.78. The molecule has 0 bridgehead atoms. The van der Waals surface area contributed by atoms with E-state index < -0.39 is 0 Å². The van der Waals surface area contributed by atoms with Crippen LogP contribution in [0.3, 0.4) is 0 Å². The fourth-order valence-electron chi connectivity index (χ4n) is 3.23. The van der Waals surface area contributed by atoms with Crippen molar-refractivity contribution in [2.45, 2.75) is 39.5 Å². The van der Waals surface area contributed by atoms with Gasteiger partial charge in [0, 0.05) is 33.7 Å². The second-order valence-electron chi connectivity index (χ2n) is 6.72. The van der Waals surface area contributed by atoms with Gasteiger partial charge in [-0.15, -0.1) is 11.3 Å². The number of aliphatic imine (C=N–C) groups is 1. The summed E-state index contributed by atoms with van der Waals surface area (Å²) in [5, 5.41) is 1.11. The lowest BCUT2D eigenvalue weighted by molar-refractivity contribution is 0.557. The molecule has 0 fully saturated rings. The molecule has 2 heterocycles. The molecule has 0 spiro atoms. The molecular formula is C21H26N4S2. The largest absolute Gasteiger partial charge is 0.331 e. The maximum Gasteiger partial charge on any atom is 0.103 e. The summed E-state index contributed by atoms with van der Waals surface area (Å²) in [6.45, 7) is 6.77. The number of thiol groups is 1. The Morgan fingerprint density at radius 1 is 1.33 bits per heavy atom. The number of anilines is 1. The average Bonchev–Trinajstić information content (AvgIpc) is 2.83. The van der Waals surface area contributed by atoms with E-state index in [1.807, 2.05) is 19.1 Å². The first-order valence-electron chi connectivity index (χ1n) is 9.08. The van der Waals surface area contributed by atoms with Crippen LogP contribution in [0.5, 0.6) is 0 Å². The zero-order chi connectivity index (χ0) is 19.6. The number of benzene rings is 1. The number of thiophene rings is 1. The van der Waals surface area contributed by atoms with Crippen molar-refractivity contribution in [3.05, 3.63) is 51.4 Å². The smallest absolute Gasteiger partial charge is 0.103 e. The Balaban J connectivity index is 2.05. The molecule has 1 aromatic carbocycles. The molecule has 142 valence electrons. The highest BCUT2D eigenvalue weighted by Crippen LogP contribution is 2.39. The Labute approximate surface area is 171 Å². The van der Waals surface area contributed by atoms with Crippen LogP contribution in [0.15, 0.2) is 29.3 Å². The maximum absolute atomic E-state index is 6.41. The highest BCUT2D eigenvalue weighted by molar-refractivity contribution is 7.80. The van der Waals surface area contributed by atoms with Crippen LogP contribution in [0.25, 0.3) is 0 Å². The molecule has 0 saturated heterocycles. The third-order valence-corrected chi connectivity index (χ3v) is 6.14. The first-order valence-corrected chi connectivity index (χ1v) is 10.5. The van der Waals surface area contributed by atoms with Crippen LogP contribution in [0.4, 0.5) is 5.00 Å². The quantitative estimate of drug-likeness (QED) is 0.549. The van der Waals surface area contributed by atoms with Gasteiger partial charge in [-0.05, 0) is 38.5 Å². The first kappa shape index (κ1) is 20.0. The molecule has 1 aromatic heterocycles. The van der Waals surface area contributed by atoms with E-state index in [0.29, 0.717) is 6.54 Å². The predicted molar refractivity (Wildman–Crippen MR) is 120 cm³/mol. The van der Waals surface area contributed by atoms with Gasteiger partial charge in [-0.2, -0.15) is 12.6 Å². The second kappa shape index (κ2) is 8.49. The van der Waals surface area contributed by atoms with E-state index in [1.165, 1.54) is 10.4 Å². The number of aryl methyl sites for hydroxylation is 1. The third kappa shape index (κ3) is 4.07. The molecule has 4 nitrogen and oxygen atoms in total. The van der Waals surface area contributed by atoms with Crippen LogP contribution in [0.1, 0.15) is 40.5 Å². The molecule has 6 heteroatoms. The molecule has 1 aliphatic heterocycles. The fourth-order valence-corrected chi connectivity index (χ4v) is 4.64. The lowest BCUT2D eigenvalue weighted by Gasteiger charge is -2.31. The van der Waals surface area contributed by atoms with Gasteiger partial charge in [0.15, 0.2) is 0 Å². The molecule has 2 atom stereocenters. The summed E-state index contributed by atoms with van der Waals surface area (Å²) >= 11 is 5.93. The highest BCUT2D eigenvalue weighted by Gasteiger charge is 2.30. The standard InChI is InChI=1S/C21H26N4S2/c1-13-14(2)27-21-19(13)20(24-12-18(23)25(21)15(3)22)17-9-7-16(8-10-17)6-4-5-11-26/h7-10,15,18,26H,5,11-12,22-23H2,1-3H3. The van der Waals surface area contributed by atoms with Crippen LogP contribution in [0, 0.1) is 25.7 Å². The number of hydrogen-bond acceptors (Lipinski definition) is 6. The Morgan fingerprint density at radius 3 is 2.67 bits per heavy atom. The minimum absolute atomic E-state index is 0.171. The van der Waals surface area contributed by atoms with Crippen molar-refractivity contribution in [2.75, 3.05) is 17.2 Å².